The number of para-hydroxylation sites is 1. The van der Waals surface area contributed by atoms with Crippen LogP contribution >= 0.6 is 0 Å². The molecule has 0 saturated carbocycles. The van der Waals surface area contributed by atoms with Crippen molar-refractivity contribution < 1.29 is 17.6 Å². The maximum Gasteiger partial charge on any atom is 0.261 e. The summed E-state index contributed by atoms with van der Waals surface area (Å²) < 4.78 is 40.7. The number of halogens is 1. The zero-order chi connectivity index (χ0) is 20.1. The molecule has 6 nitrogen and oxygen atoms in total. The molecule has 2 N–H and O–H groups in total. The first-order valence-corrected chi connectivity index (χ1v) is 9.94. The molecule has 1 atom stereocenters. The Kier molecular flexibility index (Phi) is 5.70. The van der Waals surface area contributed by atoms with Crippen molar-refractivity contribution >= 4 is 21.6 Å². The molecule has 8 heteroatoms. The van der Waals surface area contributed by atoms with Crippen LogP contribution in [0.2, 0.25) is 0 Å². The smallest absolute Gasteiger partial charge is 0.261 e. The topological polar surface area (TPSA) is 88.2 Å². The number of sulfonamides is 1. The molecule has 28 heavy (non-hydrogen) atoms. The van der Waals surface area contributed by atoms with E-state index < -0.39 is 15.8 Å². The Morgan fingerprint density at radius 1 is 1.00 bits per heavy atom. The van der Waals surface area contributed by atoms with Crippen molar-refractivity contribution in [2.45, 2.75) is 17.9 Å². The standard InChI is InChI=1S/C20H18FN3O3S/c1-14(18-7-4-5-13-22-18)23-20(25)15-9-11-16(12-10-15)28(26,27)24-19-8-3-2-6-17(19)21/h2-14,24H,1H3,(H,23,25). The highest BCUT2D eigenvalue weighted by molar-refractivity contribution is 7.92. The molecule has 0 fully saturated rings. The van der Waals surface area contributed by atoms with E-state index in [1.54, 1.807) is 25.3 Å². The van der Waals surface area contributed by atoms with Gasteiger partial charge in [-0.15, -0.1) is 0 Å². The average Bonchev–Trinajstić information content (AvgIpc) is 2.70. The highest BCUT2D eigenvalue weighted by Crippen LogP contribution is 2.19. The zero-order valence-electron chi connectivity index (χ0n) is 15.0. The van der Waals surface area contributed by atoms with Gasteiger partial charge >= 0.3 is 0 Å². The molecule has 144 valence electrons. The number of carbonyl (C=O) groups is 1. The first-order chi connectivity index (χ1) is 13.4. The third-order valence-electron chi connectivity index (χ3n) is 4.02. The molecular weight excluding hydrogens is 381 g/mol. The van der Waals surface area contributed by atoms with Crippen molar-refractivity contribution in [3.05, 3.63) is 90.0 Å². The molecule has 0 bridgehead atoms. The minimum absolute atomic E-state index is 0.0786. The first-order valence-electron chi connectivity index (χ1n) is 8.46. The third kappa shape index (κ3) is 4.52. The fourth-order valence-electron chi connectivity index (χ4n) is 2.52. The Morgan fingerprint density at radius 2 is 1.68 bits per heavy atom. The van der Waals surface area contributed by atoms with E-state index in [9.17, 15) is 17.6 Å². The number of nitrogens with one attached hydrogen (secondary N) is 2. The first kappa shape index (κ1) is 19.5. The van der Waals surface area contributed by atoms with E-state index >= 15 is 0 Å². The fraction of sp³-hybridized carbons (Fsp3) is 0.100. The lowest BCUT2D eigenvalue weighted by Crippen LogP contribution is -2.27. The Hall–Kier alpha value is -3.26. The van der Waals surface area contributed by atoms with Gasteiger partial charge in [-0.2, -0.15) is 0 Å². The predicted molar refractivity (Wildman–Crippen MR) is 104 cm³/mol. The molecule has 0 saturated heterocycles. The summed E-state index contributed by atoms with van der Waals surface area (Å²) in [5, 5.41) is 2.80. The summed E-state index contributed by atoms with van der Waals surface area (Å²) >= 11 is 0. The van der Waals surface area contributed by atoms with Crippen molar-refractivity contribution in [1.82, 2.24) is 10.3 Å². The van der Waals surface area contributed by atoms with Crippen LogP contribution in [0.25, 0.3) is 0 Å². The van der Waals surface area contributed by atoms with Crippen LogP contribution in [0.4, 0.5) is 10.1 Å². The van der Waals surface area contributed by atoms with Gasteiger partial charge in [0.15, 0.2) is 0 Å². The van der Waals surface area contributed by atoms with E-state index in [1.807, 2.05) is 6.07 Å². The van der Waals surface area contributed by atoms with Crippen molar-refractivity contribution in [3.63, 3.8) is 0 Å². The van der Waals surface area contributed by atoms with Gasteiger partial charge in [0.25, 0.3) is 15.9 Å². The number of pyridine rings is 1. The second-order valence-corrected chi connectivity index (χ2v) is 7.74. The molecule has 1 unspecified atom stereocenters. The minimum Gasteiger partial charge on any atom is -0.344 e. The molecule has 2 aromatic carbocycles. The van der Waals surface area contributed by atoms with Crippen molar-refractivity contribution in [2.24, 2.45) is 0 Å². The van der Waals surface area contributed by atoms with Crippen molar-refractivity contribution in [2.75, 3.05) is 4.72 Å². The highest BCUT2D eigenvalue weighted by atomic mass is 32.2. The van der Waals surface area contributed by atoms with E-state index in [4.69, 9.17) is 0 Å². The summed E-state index contributed by atoms with van der Waals surface area (Å²) in [7, 11) is -3.98. The SMILES string of the molecule is CC(NC(=O)c1ccc(S(=O)(=O)Nc2ccccc2F)cc1)c1ccccn1. The van der Waals surface area contributed by atoms with Crippen molar-refractivity contribution in [3.8, 4) is 0 Å². The van der Waals surface area contributed by atoms with Crippen LogP contribution in [0.15, 0.2) is 77.8 Å². The largest absolute Gasteiger partial charge is 0.344 e. The van der Waals surface area contributed by atoms with Gasteiger partial charge in [0.2, 0.25) is 0 Å². The number of anilines is 1. The van der Waals surface area contributed by atoms with Gasteiger partial charge in [0, 0.05) is 11.8 Å². The number of aromatic nitrogens is 1. The van der Waals surface area contributed by atoms with Gasteiger partial charge in [-0.25, -0.2) is 12.8 Å². The van der Waals surface area contributed by atoms with Crippen LogP contribution in [0.1, 0.15) is 29.0 Å². The van der Waals surface area contributed by atoms with E-state index in [0.717, 1.165) is 6.07 Å². The number of hydrogen-bond donors (Lipinski definition) is 2. The summed E-state index contributed by atoms with van der Waals surface area (Å²) in [6, 6.07) is 16.0. The maximum absolute atomic E-state index is 13.7. The van der Waals surface area contributed by atoms with E-state index in [2.05, 4.69) is 15.0 Å². The predicted octanol–water partition coefficient (Wildman–Crippen LogP) is 3.51. The lowest BCUT2D eigenvalue weighted by atomic mass is 10.1. The molecule has 0 aliphatic rings. The van der Waals surface area contributed by atoms with Crippen LogP contribution in [-0.4, -0.2) is 19.3 Å². The molecular formula is C20H18FN3O3S. The van der Waals surface area contributed by atoms with Crippen LogP contribution in [0, 0.1) is 5.82 Å². The normalized spacial score (nSPS) is 12.2. The summed E-state index contributed by atoms with van der Waals surface area (Å²) in [5.41, 5.74) is 0.866. The molecule has 3 aromatic rings. The number of carbonyl (C=O) groups excluding carboxylic acids is 1. The molecule has 0 radical (unpaired) electrons. The average molecular weight is 399 g/mol. The Labute approximate surface area is 162 Å². The number of rotatable bonds is 6. The summed E-state index contributed by atoms with van der Waals surface area (Å²) in [4.78, 5) is 16.5. The van der Waals surface area contributed by atoms with E-state index in [0.29, 0.717) is 11.3 Å². The minimum atomic E-state index is -3.98. The van der Waals surface area contributed by atoms with Gasteiger partial charge in [-0.3, -0.25) is 14.5 Å². The lowest BCUT2D eigenvalue weighted by Gasteiger charge is -2.13. The quantitative estimate of drug-likeness (QED) is 0.664. The summed E-state index contributed by atoms with van der Waals surface area (Å²) in [5.74, 6) is -1.03. The number of amides is 1. The number of benzene rings is 2. The Balaban J connectivity index is 1.72. The lowest BCUT2D eigenvalue weighted by molar-refractivity contribution is 0.0939. The van der Waals surface area contributed by atoms with Gasteiger partial charge in [0.05, 0.1) is 22.3 Å². The van der Waals surface area contributed by atoms with Crippen molar-refractivity contribution in [1.29, 1.82) is 0 Å². The fourth-order valence-corrected chi connectivity index (χ4v) is 3.59. The Morgan fingerprint density at radius 3 is 2.32 bits per heavy atom. The second kappa shape index (κ2) is 8.18. The summed E-state index contributed by atoms with van der Waals surface area (Å²) in [6.45, 7) is 1.80. The molecule has 1 aromatic heterocycles. The Bertz CT molecular complexity index is 1070. The van der Waals surface area contributed by atoms with Gasteiger partial charge in [-0.05, 0) is 55.5 Å². The zero-order valence-corrected chi connectivity index (χ0v) is 15.8. The summed E-state index contributed by atoms with van der Waals surface area (Å²) in [6.07, 6.45) is 1.64. The van der Waals surface area contributed by atoms with Gasteiger partial charge in [-0.1, -0.05) is 18.2 Å². The van der Waals surface area contributed by atoms with E-state index in [-0.39, 0.29) is 22.5 Å². The third-order valence-corrected chi connectivity index (χ3v) is 5.41. The molecule has 1 heterocycles. The second-order valence-electron chi connectivity index (χ2n) is 6.06. The highest BCUT2D eigenvalue weighted by Gasteiger charge is 2.18. The monoisotopic (exact) mass is 399 g/mol. The molecule has 0 aliphatic carbocycles. The molecule has 3 rings (SSSR count). The van der Waals surface area contributed by atoms with Crippen LogP contribution < -0.4 is 10.0 Å². The maximum atomic E-state index is 13.7. The number of nitrogens with zero attached hydrogens (tertiary/aromatic N) is 1. The van der Waals surface area contributed by atoms with Crippen LogP contribution in [0.5, 0.6) is 0 Å². The molecule has 0 spiro atoms. The molecule has 0 aliphatic heterocycles. The number of hydrogen-bond acceptors (Lipinski definition) is 4. The van der Waals surface area contributed by atoms with Gasteiger partial charge < -0.3 is 5.32 Å². The van der Waals surface area contributed by atoms with Crippen LogP contribution in [0.3, 0.4) is 0 Å². The van der Waals surface area contributed by atoms with Crippen LogP contribution in [-0.2, 0) is 10.0 Å². The van der Waals surface area contributed by atoms with E-state index in [1.165, 1.54) is 42.5 Å². The molecule has 1 amide bonds. The van der Waals surface area contributed by atoms with Gasteiger partial charge in [0.1, 0.15) is 5.82 Å².